The van der Waals surface area contributed by atoms with Crippen molar-refractivity contribution >= 4 is 5.57 Å². The Labute approximate surface area is 152 Å². The number of fused-ring (bicyclic) bond motifs is 5. The second-order valence-electron chi connectivity index (χ2n) is 9.44. The number of hydrogen-bond acceptors (Lipinski definition) is 2. The first-order valence-corrected chi connectivity index (χ1v) is 9.87. The van der Waals surface area contributed by atoms with Crippen LogP contribution >= 0.6 is 0 Å². The summed E-state index contributed by atoms with van der Waals surface area (Å²) < 4.78 is 11.9. The van der Waals surface area contributed by atoms with Crippen molar-refractivity contribution < 1.29 is 9.47 Å². The number of methoxy groups -OCH3 is 1. The number of hydrogen-bond donors (Lipinski definition) is 0. The fourth-order valence-electron chi connectivity index (χ4n) is 5.65. The Morgan fingerprint density at radius 3 is 2.64 bits per heavy atom. The minimum Gasteiger partial charge on any atom is -0.497 e. The van der Waals surface area contributed by atoms with Crippen molar-refractivity contribution in [2.75, 3.05) is 7.11 Å². The molecule has 1 fully saturated rings. The summed E-state index contributed by atoms with van der Waals surface area (Å²) >= 11 is 0. The van der Waals surface area contributed by atoms with E-state index < -0.39 is 0 Å². The van der Waals surface area contributed by atoms with Crippen LogP contribution in [0.15, 0.2) is 24.3 Å². The van der Waals surface area contributed by atoms with Crippen molar-refractivity contribution in [3.8, 4) is 5.75 Å². The maximum absolute atomic E-state index is 6.50. The molecule has 25 heavy (non-hydrogen) atoms. The van der Waals surface area contributed by atoms with Gasteiger partial charge in [0, 0.05) is 5.41 Å². The molecule has 0 aromatic heterocycles. The van der Waals surface area contributed by atoms with Crippen LogP contribution in [0.5, 0.6) is 5.75 Å². The van der Waals surface area contributed by atoms with Crippen LogP contribution in [0, 0.1) is 17.3 Å². The molecule has 0 aliphatic heterocycles. The minimum atomic E-state index is -0.0533. The van der Waals surface area contributed by atoms with E-state index in [9.17, 15) is 0 Å². The highest BCUT2D eigenvalue weighted by molar-refractivity contribution is 5.73. The van der Waals surface area contributed by atoms with E-state index in [2.05, 4.69) is 52.0 Å². The van der Waals surface area contributed by atoms with Crippen LogP contribution in [-0.2, 0) is 11.2 Å². The van der Waals surface area contributed by atoms with Crippen molar-refractivity contribution in [2.45, 2.75) is 71.5 Å². The molecular formula is C23H32O2. The molecule has 4 atom stereocenters. The summed E-state index contributed by atoms with van der Waals surface area (Å²) in [7, 11) is 1.76. The highest BCUT2D eigenvalue weighted by Crippen LogP contribution is 2.59. The third-order valence-electron chi connectivity index (χ3n) is 6.81. The lowest BCUT2D eigenvalue weighted by Gasteiger charge is -2.47. The van der Waals surface area contributed by atoms with Gasteiger partial charge in [-0.25, -0.2) is 0 Å². The van der Waals surface area contributed by atoms with E-state index in [1.165, 1.54) is 36.8 Å². The largest absolute Gasteiger partial charge is 0.497 e. The van der Waals surface area contributed by atoms with Crippen LogP contribution in [0.1, 0.15) is 64.5 Å². The lowest BCUT2D eigenvalue weighted by atomic mass is 9.60. The molecule has 0 saturated heterocycles. The lowest BCUT2D eigenvalue weighted by molar-refractivity contribution is -0.112. The molecule has 1 saturated carbocycles. The SMILES string of the molecule is COc1ccc2c(c1)CCC1C2=CC[C@]2(C)C1CC[C@H]2OC(C)(C)C. The van der Waals surface area contributed by atoms with Gasteiger partial charge < -0.3 is 9.47 Å². The Kier molecular flexibility index (Phi) is 4.03. The predicted molar refractivity (Wildman–Crippen MR) is 103 cm³/mol. The van der Waals surface area contributed by atoms with E-state index in [-0.39, 0.29) is 5.60 Å². The molecule has 136 valence electrons. The van der Waals surface area contributed by atoms with Crippen LogP contribution in [0.2, 0.25) is 0 Å². The molecule has 1 aromatic carbocycles. The molecule has 2 nitrogen and oxygen atoms in total. The molecule has 4 rings (SSSR count). The van der Waals surface area contributed by atoms with E-state index in [0.717, 1.165) is 18.1 Å². The first-order chi connectivity index (χ1) is 11.8. The average molecular weight is 341 g/mol. The highest BCUT2D eigenvalue weighted by atomic mass is 16.5. The van der Waals surface area contributed by atoms with Crippen molar-refractivity contribution in [1.29, 1.82) is 0 Å². The fraction of sp³-hybridized carbons (Fsp3) is 0.652. The Bertz CT molecular complexity index is 697. The fourth-order valence-corrected chi connectivity index (χ4v) is 5.65. The number of benzene rings is 1. The second kappa shape index (κ2) is 5.87. The average Bonchev–Trinajstić information content (AvgIpc) is 2.89. The summed E-state index contributed by atoms with van der Waals surface area (Å²) in [5.41, 5.74) is 4.78. The van der Waals surface area contributed by atoms with E-state index in [0.29, 0.717) is 17.4 Å². The Hall–Kier alpha value is -1.28. The summed E-state index contributed by atoms with van der Waals surface area (Å²) in [5, 5.41) is 0. The summed E-state index contributed by atoms with van der Waals surface area (Å²) in [4.78, 5) is 0. The zero-order valence-corrected chi connectivity index (χ0v) is 16.4. The predicted octanol–water partition coefficient (Wildman–Crippen LogP) is 5.64. The van der Waals surface area contributed by atoms with Crippen molar-refractivity contribution in [2.24, 2.45) is 17.3 Å². The third-order valence-corrected chi connectivity index (χ3v) is 6.81. The summed E-state index contributed by atoms with van der Waals surface area (Å²) in [6.07, 6.45) is 9.05. The Balaban J connectivity index is 1.66. The van der Waals surface area contributed by atoms with Crippen LogP contribution in [0.25, 0.3) is 5.57 Å². The monoisotopic (exact) mass is 340 g/mol. The lowest BCUT2D eigenvalue weighted by Crippen LogP contribution is -2.43. The van der Waals surface area contributed by atoms with Gasteiger partial charge in [-0.15, -0.1) is 0 Å². The molecule has 0 bridgehead atoms. The topological polar surface area (TPSA) is 18.5 Å². The van der Waals surface area contributed by atoms with Gasteiger partial charge in [-0.3, -0.25) is 0 Å². The zero-order valence-electron chi connectivity index (χ0n) is 16.4. The van der Waals surface area contributed by atoms with E-state index in [1.807, 2.05) is 0 Å². The number of allylic oxidation sites excluding steroid dienone is 2. The number of ether oxygens (including phenoxy) is 2. The molecule has 2 unspecified atom stereocenters. The minimum absolute atomic E-state index is 0.0533. The maximum atomic E-state index is 6.50. The van der Waals surface area contributed by atoms with E-state index in [4.69, 9.17) is 9.47 Å². The van der Waals surface area contributed by atoms with Gasteiger partial charge >= 0.3 is 0 Å². The van der Waals surface area contributed by atoms with Crippen LogP contribution < -0.4 is 4.74 Å². The summed E-state index contributed by atoms with van der Waals surface area (Å²) in [5.74, 6) is 2.45. The van der Waals surface area contributed by atoms with Crippen molar-refractivity contribution in [3.05, 3.63) is 35.4 Å². The van der Waals surface area contributed by atoms with Gasteiger partial charge in [0.25, 0.3) is 0 Å². The van der Waals surface area contributed by atoms with Gasteiger partial charge in [-0.1, -0.05) is 19.1 Å². The van der Waals surface area contributed by atoms with E-state index in [1.54, 1.807) is 12.7 Å². The molecule has 3 aliphatic carbocycles. The van der Waals surface area contributed by atoms with Gasteiger partial charge in [-0.2, -0.15) is 0 Å². The van der Waals surface area contributed by atoms with Gasteiger partial charge in [0.05, 0.1) is 18.8 Å². The third kappa shape index (κ3) is 2.83. The van der Waals surface area contributed by atoms with Gasteiger partial charge in [0.15, 0.2) is 0 Å². The Morgan fingerprint density at radius 1 is 1.12 bits per heavy atom. The maximum Gasteiger partial charge on any atom is 0.119 e. The standard InChI is InChI=1S/C23H32O2/c1-22(2,3)25-21-11-10-20-19-8-6-15-14-16(24-5)7-9-17(15)18(19)12-13-23(20,21)4/h7,9,12,14,19-21H,6,8,10-11,13H2,1-5H3/t19?,20?,21-,23-/m1/s1. The quantitative estimate of drug-likeness (QED) is 0.693. The van der Waals surface area contributed by atoms with Crippen LogP contribution in [-0.4, -0.2) is 18.8 Å². The smallest absolute Gasteiger partial charge is 0.119 e. The number of rotatable bonds is 2. The second-order valence-corrected chi connectivity index (χ2v) is 9.44. The normalized spacial score (nSPS) is 34.0. The summed E-state index contributed by atoms with van der Waals surface area (Å²) in [6.45, 7) is 9.06. The molecule has 0 amide bonds. The molecule has 0 heterocycles. The highest BCUT2D eigenvalue weighted by Gasteiger charge is 2.53. The molecule has 0 spiro atoms. The molecule has 1 aromatic rings. The molecule has 2 heteroatoms. The molecule has 0 N–H and O–H groups in total. The Morgan fingerprint density at radius 2 is 1.92 bits per heavy atom. The molecule has 3 aliphatic rings. The van der Waals surface area contributed by atoms with Crippen molar-refractivity contribution in [1.82, 2.24) is 0 Å². The first-order valence-electron chi connectivity index (χ1n) is 9.87. The zero-order chi connectivity index (χ0) is 17.8. The van der Waals surface area contributed by atoms with Gasteiger partial charge in [0.2, 0.25) is 0 Å². The van der Waals surface area contributed by atoms with E-state index >= 15 is 0 Å². The first kappa shape index (κ1) is 17.1. The van der Waals surface area contributed by atoms with Crippen LogP contribution in [0.4, 0.5) is 0 Å². The molecule has 0 radical (unpaired) electrons. The van der Waals surface area contributed by atoms with Crippen LogP contribution in [0.3, 0.4) is 0 Å². The van der Waals surface area contributed by atoms with Gasteiger partial charge in [0.1, 0.15) is 5.75 Å². The van der Waals surface area contributed by atoms with Gasteiger partial charge in [-0.05, 0) is 93.5 Å². The molecular weight excluding hydrogens is 308 g/mol. The van der Waals surface area contributed by atoms with Crippen molar-refractivity contribution in [3.63, 3.8) is 0 Å². The summed E-state index contributed by atoms with van der Waals surface area (Å²) in [6, 6.07) is 6.64. The number of aryl methyl sites for hydroxylation is 1.